The van der Waals surface area contributed by atoms with E-state index in [9.17, 15) is 0 Å². The van der Waals surface area contributed by atoms with Gasteiger partial charge in [0.25, 0.3) is 0 Å². The Morgan fingerprint density at radius 1 is 1.40 bits per heavy atom. The molecule has 4 nitrogen and oxygen atoms in total. The topological polar surface area (TPSA) is 42.8 Å². The van der Waals surface area contributed by atoms with Gasteiger partial charge in [0.05, 0.1) is 12.6 Å². The summed E-state index contributed by atoms with van der Waals surface area (Å²) in [5.74, 6) is 2.10. The predicted molar refractivity (Wildman–Crippen MR) is 82.6 cm³/mol. The molecule has 3 rings (SSSR count). The van der Waals surface area contributed by atoms with Gasteiger partial charge in [-0.25, -0.2) is 0 Å². The molecule has 0 aromatic carbocycles. The monoisotopic (exact) mass is 291 g/mol. The summed E-state index contributed by atoms with van der Waals surface area (Å²) >= 11 is 5.47. The van der Waals surface area contributed by atoms with Crippen molar-refractivity contribution in [2.24, 2.45) is 11.8 Å². The van der Waals surface area contributed by atoms with Gasteiger partial charge in [-0.05, 0) is 36.5 Å². The van der Waals surface area contributed by atoms with Crippen molar-refractivity contribution in [3.05, 3.63) is 16.9 Å². The Hall–Kier alpha value is -1.36. The van der Waals surface area contributed by atoms with E-state index in [1.54, 1.807) is 7.11 Å². The van der Waals surface area contributed by atoms with E-state index >= 15 is 0 Å². The van der Waals surface area contributed by atoms with E-state index in [-0.39, 0.29) is 0 Å². The predicted octanol–water partition coefficient (Wildman–Crippen LogP) is 3.93. The molecule has 2 aromatic heterocycles. The zero-order valence-corrected chi connectivity index (χ0v) is 12.9. The molecule has 5 heteroatoms. The maximum Gasteiger partial charge on any atom is 0.215 e. The number of aromatic nitrogens is 3. The highest BCUT2D eigenvalue weighted by molar-refractivity contribution is 7.71. The first-order valence-electron chi connectivity index (χ1n) is 7.32. The largest absolute Gasteiger partial charge is 0.481 e. The number of nitrogens with zero attached hydrogens (tertiary/aromatic N) is 2. The quantitative estimate of drug-likeness (QED) is 0.871. The normalized spacial score (nSPS) is 23.1. The number of imidazole rings is 1. The molecule has 0 amide bonds. The first kappa shape index (κ1) is 13.6. The van der Waals surface area contributed by atoms with E-state index in [2.05, 4.69) is 21.5 Å². The Labute approximate surface area is 124 Å². The average molecular weight is 291 g/mol. The SMILES string of the molecule is COc1ccc2[nH]c(=S)n(CC3CCCCC3C)c2n1. The molecule has 2 unspecified atom stereocenters. The van der Waals surface area contributed by atoms with E-state index in [0.717, 1.165) is 28.4 Å². The summed E-state index contributed by atoms with van der Waals surface area (Å²) in [6, 6.07) is 3.85. The number of rotatable bonds is 3. The van der Waals surface area contributed by atoms with Gasteiger partial charge in [0.2, 0.25) is 5.88 Å². The molecule has 0 aliphatic heterocycles. The Morgan fingerprint density at radius 2 is 2.20 bits per heavy atom. The maximum atomic E-state index is 5.47. The van der Waals surface area contributed by atoms with E-state index in [1.165, 1.54) is 25.7 Å². The molecule has 1 fully saturated rings. The third-order valence-electron chi connectivity index (χ3n) is 4.51. The lowest BCUT2D eigenvalue weighted by Crippen LogP contribution is -2.22. The molecular formula is C15H21N3OS. The van der Waals surface area contributed by atoms with Crippen molar-refractivity contribution < 1.29 is 4.74 Å². The Morgan fingerprint density at radius 3 is 2.95 bits per heavy atom. The Balaban J connectivity index is 1.97. The van der Waals surface area contributed by atoms with Gasteiger partial charge in [-0.2, -0.15) is 4.98 Å². The minimum atomic E-state index is 0.636. The highest BCUT2D eigenvalue weighted by atomic mass is 32.1. The molecule has 1 aliphatic carbocycles. The molecular weight excluding hydrogens is 270 g/mol. The molecule has 108 valence electrons. The van der Waals surface area contributed by atoms with Crippen LogP contribution < -0.4 is 4.74 Å². The van der Waals surface area contributed by atoms with Crippen molar-refractivity contribution >= 4 is 23.4 Å². The summed E-state index contributed by atoms with van der Waals surface area (Å²) in [4.78, 5) is 7.79. The van der Waals surface area contributed by atoms with Crippen molar-refractivity contribution in [1.29, 1.82) is 0 Å². The van der Waals surface area contributed by atoms with E-state index in [1.807, 2.05) is 12.1 Å². The van der Waals surface area contributed by atoms with E-state index in [4.69, 9.17) is 17.0 Å². The van der Waals surface area contributed by atoms with Gasteiger partial charge in [-0.1, -0.05) is 26.2 Å². The number of ether oxygens (including phenoxy) is 1. The summed E-state index contributed by atoms with van der Waals surface area (Å²) in [5, 5.41) is 0. The lowest BCUT2D eigenvalue weighted by atomic mass is 9.80. The smallest absolute Gasteiger partial charge is 0.215 e. The molecule has 2 atom stereocenters. The standard InChI is InChI=1S/C15H21N3OS/c1-10-5-3-4-6-11(10)9-18-14-12(16-15(18)20)7-8-13(17-14)19-2/h7-8,10-11H,3-6,9H2,1-2H3,(H,16,20). The number of methoxy groups -OCH3 is 1. The Bertz CT molecular complexity index is 661. The fourth-order valence-corrected chi connectivity index (χ4v) is 3.47. The van der Waals surface area contributed by atoms with Crippen LogP contribution in [-0.2, 0) is 6.54 Å². The number of pyridine rings is 1. The van der Waals surface area contributed by atoms with Gasteiger partial charge in [0.1, 0.15) is 0 Å². The summed E-state index contributed by atoms with van der Waals surface area (Å²) in [7, 11) is 1.64. The fraction of sp³-hybridized carbons (Fsp3) is 0.600. The second-order valence-corrected chi connectivity index (χ2v) is 6.17. The van der Waals surface area contributed by atoms with Crippen molar-refractivity contribution in [2.75, 3.05) is 7.11 Å². The molecule has 20 heavy (non-hydrogen) atoms. The molecule has 1 saturated carbocycles. The van der Waals surface area contributed by atoms with Crippen LogP contribution in [0, 0.1) is 16.6 Å². The highest BCUT2D eigenvalue weighted by Gasteiger charge is 2.22. The number of nitrogens with one attached hydrogen (secondary N) is 1. The zero-order chi connectivity index (χ0) is 14.1. The van der Waals surface area contributed by atoms with Gasteiger partial charge >= 0.3 is 0 Å². The second-order valence-electron chi connectivity index (χ2n) is 5.79. The first-order valence-corrected chi connectivity index (χ1v) is 7.73. The lowest BCUT2D eigenvalue weighted by molar-refractivity contribution is 0.229. The highest BCUT2D eigenvalue weighted by Crippen LogP contribution is 2.31. The Kier molecular flexibility index (Phi) is 3.78. The van der Waals surface area contributed by atoms with Crippen LogP contribution in [-0.4, -0.2) is 21.6 Å². The van der Waals surface area contributed by atoms with Gasteiger partial charge in [0.15, 0.2) is 10.4 Å². The summed E-state index contributed by atoms with van der Waals surface area (Å²) in [5.41, 5.74) is 1.89. The molecule has 0 saturated heterocycles. The number of hydrogen-bond donors (Lipinski definition) is 1. The van der Waals surface area contributed by atoms with Crippen molar-refractivity contribution in [3.63, 3.8) is 0 Å². The van der Waals surface area contributed by atoms with Crippen LogP contribution in [0.15, 0.2) is 12.1 Å². The third kappa shape index (κ3) is 2.46. The van der Waals surface area contributed by atoms with Crippen LogP contribution in [0.5, 0.6) is 5.88 Å². The van der Waals surface area contributed by atoms with Crippen LogP contribution in [0.2, 0.25) is 0 Å². The summed E-state index contributed by atoms with van der Waals surface area (Å²) in [6.45, 7) is 3.32. The van der Waals surface area contributed by atoms with Gasteiger partial charge < -0.3 is 14.3 Å². The minimum absolute atomic E-state index is 0.636. The van der Waals surface area contributed by atoms with Gasteiger partial charge in [0, 0.05) is 12.6 Å². The molecule has 0 bridgehead atoms. The number of fused-ring (bicyclic) bond motifs is 1. The minimum Gasteiger partial charge on any atom is -0.481 e. The van der Waals surface area contributed by atoms with Gasteiger partial charge in [-0.3, -0.25) is 0 Å². The summed E-state index contributed by atoms with van der Waals surface area (Å²) < 4.78 is 8.13. The second kappa shape index (κ2) is 5.56. The molecule has 1 N–H and O–H groups in total. The van der Waals surface area contributed by atoms with Crippen molar-refractivity contribution in [1.82, 2.24) is 14.5 Å². The van der Waals surface area contributed by atoms with E-state index < -0.39 is 0 Å². The molecule has 2 heterocycles. The molecule has 1 aliphatic rings. The fourth-order valence-electron chi connectivity index (χ4n) is 3.20. The number of H-pyrrole nitrogens is 1. The first-order chi connectivity index (χ1) is 9.69. The lowest BCUT2D eigenvalue weighted by Gasteiger charge is -2.28. The van der Waals surface area contributed by atoms with Crippen LogP contribution in [0.4, 0.5) is 0 Å². The number of aromatic amines is 1. The van der Waals surface area contributed by atoms with Crippen molar-refractivity contribution in [2.45, 2.75) is 39.2 Å². The molecule has 0 radical (unpaired) electrons. The number of hydrogen-bond acceptors (Lipinski definition) is 3. The molecule has 0 spiro atoms. The maximum absolute atomic E-state index is 5.47. The van der Waals surface area contributed by atoms with Crippen molar-refractivity contribution in [3.8, 4) is 5.88 Å². The summed E-state index contributed by atoms with van der Waals surface area (Å²) in [6.07, 6.45) is 5.32. The van der Waals surface area contributed by atoms with Crippen LogP contribution in [0.25, 0.3) is 11.2 Å². The average Bonchev–Trinajstić information content (AvgIpc) is 2.77. The van der Waals surface area contributed by atoms with Crippen LogP contribution in [0.3, 0.4) is 0 Å². The third-order valence-corrected chi connectivity index (χ3v) is 4.83. The van der Waals surface area contributed by atoms with Crippen LogP contribution in [0.1, 0.15) is 32.6 Å². The van der Waals surface area contributed by atoms with Crippen LogP contribution >= 0.6 is 12.2 Å². The van der Waals surface area contributed by atoms with E-state index in [0.29, 0.717) is 11.8 Å². The van der Waals surface area contributed by atoms with Gasteiger partial charge in [-0.15, -0.1) is 0 Å². The zero-order valence-electron chi connectivity index (χ0n) is 12.1. The molecule has 2 aromatic rings.